The zero-order valence-electron chi connectivity index (χ0n) is 15.4. The lowest BCUT2D eigenvalue weighted by atomic mass is 10.0. The second kappa shape index (κ2) is 8.64. The van der Waals surface area contributed by atoms with Crippen LogP contribution in [0.4, 0.5) is 5.69 Å². The third-order valence-corrected chi connectivity index (χ3v) is 5.12. The first-order chi connectivity index (χ1) is 13.0. The summed E-state index contributed by atoms with van der Waals surface area (Å²) >= 11 is 1.41. The van der Waals surface area contributed by atoms with Gasteiger partial charge in [0, 0.05) is 17.8 Å². The molecule has 0 aliphatic carbocycles. The van der Waals surface area contributed by atoms with Crippen LogP contribution in [0.1, 0.15) is 50.9 Å². The molecular formula is C22H22N2O2S. The van der Waals surface area contributed by atoms with Crippen LogP contribution in [0.15, 0.2) is 66.0 Å². The predicted octanol–water partition coefficient (Wildman–Crippen LogP) is 5.05. The summed E-state index contributed by atoms with van der Waals surface area (Å²) in [5.41, 5.74) is 3.53. The van der Waals surface area contributed by atoms with Crippen molar-refractivity contribution in [2.45, 2.75) is 26.3 Å². The van der Waals surface area contributed by atoms with Gasteiger partial charge in [-0.2, -0.15) is 0 Å². The van der Waals surface area contributed by atoms with Gasteiger partial charge in [0.15, 0.2) is 0 Å². The largest absolute Gasteiger partial charge is 0.347 e. The van der Waals surface area contributed by atoms with Gasteiger partial charge in [-0.15, -0.1) is 11.3 Å². The molecule has 4 nitrogen and oxygen atoms in total. The van der Waals surface area contributed by atoms with E-state index >= 15 is 0 Å². The lowest BCUT2D eigenvalue weighted by Gasteiger charge is -2.09. The van der Waals surface area contributed by atoms with Crippen molar-refractivity contribution in [3.8, 4) is 0 Å². The Hall–Kier alpha value is -2.92. The third-order valence-electron chi connectivity index (χ3n) is 4.25. The van der Waals surface area contributed by atoms with E-state index in [0.29, 0.717) is 22.9 Å². The Morgan fingerprint density at radius 3 is 2.22 bits per heavy atom. The van der Waals surface area contributed by atoms with E-state index in [0.717, 1.165) is 11.3 Å². The second-order valence-electron chi connectivity index (χ2n) is 6.59. The molecule has 0 saturated heterocycles. The van der Waals surface area contributed by atoms with E-state index in [9.17, 15) is 9.59 Å². The maximum Gasteiger partial charge on any atom is 0.261 e. The molecule has 3 aromatic rings. The minimum absolute atomic E-state index is 0.0864. The van der Waals surface area contributed by atoms with Gasteiger partial charge in [0.2, 0.25) is 0 Å². The van der Waals surface area contributed by atoms with Crippen LogP contribution in [0.3, 0.4) is 0 Å². The summed E-state index contributed by atoms with van der Waals surface area (Å²) in [6.45, 7) is 4.70. The average molecular weight is 378 g/mol. The van der Waals surface area contributed by atoms with Gasteiger partial charge in [0.25, 0.3) is 11.8 Å². The van der Waals surface area contributed by atoms with Gasteiger partial charge in [0.05, 0.1) is 4.88 Å². The molecule has 0 spiro atoms. The van der Waals surface area contributed by atoms with Gasteiger partial charge < -0.3 is 10.6 Å². The molecule has 1 aromatic heterocycles. The van der Waals surface area contributed by atoms with E-state index in [2.05, 4.69) is 24.5 Å². The second-order valence-corrected chi connectivity index (χ2v) is 7.54. The topological polar surface area (TPSA) is 58.2 Å². The van der Waals surface area contributed by atoms with Gasteiger partial charge in [-0.1, -0.05) is 44.2 Å². The summed E-state index contributed by atoms with van der Waals surface area (Å²) in [5.74, 6) is 0.223. The SMILES string of the molecule is CC(C)c1ccc(NC(=O)c2ccc(CNC(=O)c3cccs3)cc2)cc1. The summed E-state index contributed by atoms with van der Waals surface area (Å²) in [6, 6.07) is 18.8. The number of thiophene rings is 1. The van der Waals surface area contributed by atoms with Crippen LogP contribution in [-0.2, 0) is 6.54 Å². The highest BCUT2D eigenvalue weighted by molar-refractivity contribution is 7.12. The molecule has 0 fully saturated rings. The fourth-order valence-electron chi connectivity index (χ4n) is 2.61. The number of anilines is 1. The number of nitrogens with one attached hydrogen (secondary N) is 2. The normalized spacial score (nSPS) is 10.6. The van der Waals surface area contributed by atoms with Crippen molar-refractivity contribution >= 4 is 28.8 Å². The van der Waals surface area contributed by atoms with Crippen LogP contribution in [0.2, 0.25) is 0 Å². The number of carbonyl (C=O) groups excluding carboxylic acids is 2. The van der Waals surface area contributed by atoms with Crippen LogP contribution in [0.5, 0.6) is 0 Å². The maximum atomic E-state index is 12.4. The first kappa shape index (κ1) is 18.9. The minimum Gasteiger partial charge on any atom is -0.347 e. The Labute approximate surface area is 163 Å². The molecule has 0 radical (unpaired) electrons. The van der Waals surface area contributed by atoms with Crippen molar-refractivity contribution in [2.24, 2.45) is 0 Å². The monoisotopic (exact) mass is 378 g/mol. The Kier molecular flexibility index (Phi) is 6.04. The molecule has 2 amide bonds. The third kappa shape index (κ3) is 5.05. The van der Waals surface area contributed by atoms with Gasteiger partial charge in [-0.05, 0) is 52.8 Å². The molecule has 3 rings (SSSR count). The number of rotatable bonds is 6. The molecule has 2 aromatic carbocycles. The van der Waals surface area contributed by atoms with Crippen molar-refractivity contribution < 1.29 is 9.59 Å². The van der Waals surface area contributed by atoms with Crippen LogP contribution in [-0.4, -0.2) is 11.8 Å². The number of carbonyl (C=O) groups is 2. The molecule has 0 atom stereocenters. The summed E-state index contributed by atoms with van der Waals surface area (Å²) < 4.78 is 0. The number of benzene rings is 2. The molecule has 0 aliphatic rings. The Morgan fingerprint density at radius 2 is 1.63 bits per heavy atom. The minimum atomic E-state index is -0.151. The van der Waals surface area contributed by atoms with Gasteiger partial charge in [-0.3, -0.25) is 9.59 Å². The smallest absolute Gasteiger partial charge is 0.261 e. The fourth-order valence-corrected chi connectivity index (χ4v) is 3.25. The molecule has 0 aliphatic heterocycles. The van der Waals surface area contributed by atoms with E-state index in [1.54, 1.807) is 18.2 Å². The number of hydrogen-bond donors (Lipinski definition) is 2. The van der Waals surface area contributed by atoms with Crippen LogP contribution in [0.25, 0.3) is 0 Å². The predicted molar refractivity (Wildman–Crippen MR) is 110 cm³/mol. The van der Waals surface area contributed by atoms with E-state index < -0.39 is 0 Å². The summed E-state index contributed by atoms with van der Waals surface area (Å²) in [4.78, 5) is 25.0. The number of hydrogen-bond acceptors (Lipinski definition) is 3. The van der Waals surface area contributed by atoms with Crippen molar-refractivity contribution in [2.75, 3.05) is 5.32 Å². The van der Waals surface area contributed by atoms with E-state index in [1.165, 1.54) is 16.9 Å². The zero-order chi connectivity index (χ0) is 19.2. The van der Waals surface area contributed by atoms with Crippen molar-refractivity contribution in [1.29, 1.82) is 0 Å². The molecule has 0 bridgehead atoms. The zero-order valence-corrected chi connectivity index (χ0v) is 16.2. The number of amides is 2. The molecule has 2 N–H and O–H groups in total. The van der Waals surface area contributed by atoms with Crippen molar-refractivity contribution in [1.82, 2.24) is 5.32 Å². The van der Waals surface area contributed by atoms with Crippen LogP contribution >= 0.6 is 11.3 Å². The quantitative estimate of drug-likeness (QED) is 0.630. The molecule has 1 heterocycles. The van der Waals surface area contributed by atoms with Gasteiger partial charge in [0.1, 0.15) is 0 Å². The van der Waals surface area contributed by atoms with Crippen LogP contribution in [0, 0.1) is 0 Å². The van der Waals surface area contributed by atoms with Crippen molar-refractivity contribution in [3.05, 3.63) is 87.6 Å². The molecule has 0 unspecified atom stereocenters. The van der Waals surface area contributed by atoms with Gasteiger partial charge >= 0.3 is 0 Å². The molecule has 5 heteroatoms. The van der Waals surface area contributed by atoms with E-state index in [-0.39, 0.29) is 11.8 Å². The standard InChI is InChI=1S/C22H22N2O2S/c1-15(2)17-9-11-19(12-10-17)24-21(25)18-7-5-16(6-8-18)14-23-22(26)20-4-3-13-27-20/h3-13,15H,14H2,1-2H3,(H,23,26)(H,24,25). The molecule has 138 valence electrons. The lowest BCUT2D eigenvalue weighted by Crippen LogP contribution is -2.21. The van der Waals surface area contributed by atoms with E-state index in [1.807, 2.05) is 47.8 Å². The van der Waals surface area contributed by atoms with Crippen LogP contribution < -0.4 is 10.6 Å². The Morgan fingerprint density at radius 1 is 0.926 bits per heavy atom. The summed E-state index contributed by atoms with van der Waals surface area (Å²) in [7, 11) is 0. The molecule has 27 heavy (non-hydrogen) atoms. The summed E-state index contributed by atoms with van der Waals surface area (Å²) in [5, 5.41) is 7.65. The molecular weight excluding hydrogens is 356 g/mol. The highest BCUT2D eigenvalue weighted by Gasteiger charge is 2.08. The Bertz CT molecular complexity index is 899. The lowest BCUT2D eigenvalue weighted by molar-refractivity contribution is 0.0953. The highest BCUT2D eigenvalue weighted by Crippen LogP contribution is 2.18. The maximum absolute atomic E-state index is 12.4. The van der Waals surface area contributed by atoms with Crippen molar-refractivity contribution in [3.63, 3.8) is 0 Å². The first-order valence-corrected chi connectivity index (χ1v) is 9.73. The average Bonchev–Trinajstić information content (AvgIpc) is 3.22. The summed E-state index contributed by atoms with van der Waals surface area (Å²) in [6.07, 6.45) is 0. The van der Waals surface area contributed by atoms with E-state index in [4.69, 9.17) is 0 Å². The fraction of sp³-hybridized carbons (Fsp3) is 0.182. The molecule has 0 saturated carbocycles. The first-order valence-electron chi connectivity index (χ1n) is 8.85. The van der Waals surface area contributed by atoms with Gasteiger partial charge in [-0.25, -0.2) is 0 Å². The Balaban J connectivity index is 1.56. The highest BCUT2D eigenvalue weighted by atomic mass is 32.1.